The maximum absolute atomic E-state index is 11.4. The van der Waals surface area contributed by atoms with E-state index in [-0.39, 0.29) is 18.0 Å². The van der Waals surface area contributed by atoms with Gasteiger partial charge in [-0.15, -0.1) is 0 Å². The van der Waals surface area contributed by atoms with Crippen molar-refractivity contribution < 1.29 is 13.2 Å². The Balaban J connectivity index is 3.28. The number of carbonyl (C=O) groups excluding carboxylic acids is 1. The van der Waals surface area contributed by atoms with Crippen LogP contribution in [0.4, 0.5) is 0 Å². The standard InChI is InChI=1S/C15H30O3S/c1-3-4-5-6-7-8-9-10-11-12-15(16)13-14-19(2,17)18/h3-14H2,1-2H3. The van der Waals surface area contributed by atoms with Gasteiger partial charge in [0.05, 0.1) is 5.75 Å². The molecule has 0 saturated carbocycles. The van der Waals surface area contributed by atoms with Gasteiger partial charge in [0.2, 0.25) is 0 Å². The van der Waals surface area contributed by atoms with Gasteiger partial charge in [0.15, 0.2) is 0 Å². The second kappa shape index (κ2) is 11.4. The first kappa shape index (κ1) is 18.6. The van der Waals surface area contributed by atoms with Gasteiger partial charge in [0.25, 0.3) is 0 Å². The number of hydrogen-bond acceptors (Lipinski definition) is 3. The third kappa shape index (κ3) is 15.6. The minimum absolute atomic E-state index is 0.00324. The molecule has 0 saturated heterocycles. The predicted molar refractivity (Wildman–Crippen MR) is 81.2 cm³/mol. The second-order valence-electron chi connectivity index (χ2n) is 5.50. The fourth-order valence-corrected chi connectivity index (χ4v) is 2.66. The summed E-state index contributed by atoms with van der Waals surface area (Å²) in [5.74, 6) is 0.0943. The Hall–Kier alpha value is -0.380. The van der Waals surface area contributed by atoms with Crippen molar-refractivity contribution in [3.8, 4) is 0 Å². The van der Waals surface area contributed by atoms with E-state index in [0.29, 0.717) is 6.42 Å². The number of unbranched alkanes of at least 4 members (excludes halogenated alkanes) is 8. The van der Waals surface area contributed by atoms with Crippen molar-refractivity contribution in [2.75, 3.05) is 12.0 Å². The molecule has 114 valence electrons. The molecule has 0 bridgehead atoms. The summed E-state index contributed by atoms with van der Waals surface area (Å²) in [7, 11) is -2.99. The lowest BCUT2D eigenvalue weighted by molar-refractivity contribution is -0.118. The highest BCUT2D eigenvalue weighted by molar-refractivity contribution is 7.90. The highest BCUT2D eigenvalue weighted by Gasteiger charge is 2.07. The van der Waals surface area contributed by atoms with Crippen molar-refractivity contribution in [3.05, 3.63) is 0 Å². The molecule has 0 radical (unpaired) electrons. The van der Waals surface area contributed by atoms with Crippen LogP contribution in [0.2, 0.25) is 0 Å². The highest BCUT2D eigenvalue weighted by atomic mass is 32.2. The largest absolute Gasteiger partial charge is 0.300 e. The molecule has 0 aliphatic heterocycles. The molecule has 0 rings (SSSR count). The Kier molecular flexibility index (Phi) is 11.2. The summed E-state index contributed by atoms with van der Waals surface area (Å²) < 4.78 is 21.8. The van der Waals surface area contributed by atoms with E-state index in [9.17, 15) is 13.2 Å². The van der Waals surface area contributed by atoms with E-state index in [1.165, 1.54) is 51.2 Å². The van der Waals surface area contributed by atoms with Gasteiger partial charge in [0.1, 0.15) is 15.6 Å². The lowest BCUT2D eigenvalue weighted by Gasteiger charge is -2.02. The fraction of sp³-hybridized carbons (Fsp3) is 0.933. The molecule has 0 atom stereocenters. The van der Waals surface area contributed by atoms with Gasteiger partial charge in [-0.05, 0) is 6.42 Å². The zero-order valence-electron chi connectivity index (χ0n) is 12.6. The summed E-state index contributed by atoms with van der Waals surface area (Å²) in [6.07, 6.45) is 13.0. The summed E-state index contributed by atoms with van der Waals surface area (Å²) in [5, 5.41) is 0. The summed E-state index contributed by atoms with van der Waals surface area (Å²) in [5.41, 5.74) is 0. The molecule has 0 amide bonds. The number of rotatable bonds is 13. The molecular weight excluding hydrogens is 260 g/mol. The molecule has 0 aromatic rings. The van der Waals surface area contributed by atoms with Gasteiger partial charge < -0.3 is 0 Å². The van der Waals surface area contributed by atoms with Crippen molar-refractivity contribution >= 4 is 15.6 Å². The van der Waals surface area contributed by atoms with E-state index < -0.39 is 9.84 Å². The number of hydrogen-bond donors (Lipinski definition) is 0. The van der Waals surface area contributed by atoms with Crippen LogP contribution in [0.5, 0.6) is 0 Å². The van der Waals surface area contributed by atoms with E-state index in [4.69, 9.17) is 0 Å². The van der Waals surface area contributed by atoms with Gasteiger partial charge in [-0.1, -0.05) is 58.3 Å². The molecule has 0 aromatic carbocycles. The van der Waals surface area contributed by atoms with Crippen molar-refractivity contribution in [2.24, 2.45) is 0 Å². The van der Waals surface area contributed by atoms with E-state index in [1.807, 2.05) is 0 Å². The van der Waals surface area contributed by atoms with Crippen LogP contribution in [0.25, 0.3) is 0 Å². The van der Waals surface area contributed by atoms with Gasteiger partial charge in [0, 0.05) is 19.1 Å². The lowest BCUT2D eigenvalue weighted by atomic mass is 10.1. The first-order valence-corrected chi connectivity index (χ1v) is 9.71. The molecule has 0 aliphatic rings. The molecule has 0 N–H and O–H groups in total. The summed E-state index contributed by atoms with van der Waals surface area (Å²) in [6, 6.07) is 0. The Morgan fingerprint density at radius 3 is 1.74 bits per heavy atom. The minimum atomic E-state index is -2.99. The first-order valence-electron chi connectivity index (χ1n) is 7.65. The quantitative estimate of drug-likeness (QED) is 0.483. The molecule has 4 heteroatoms. The van der Waals surface area contributed by atoms with Crippen LogP contribution in [0, 0.1) is 0 Å². The molecule has 0 aliphatic carbocycles. The Morgan fingerprint density at radius 1 is 0.789 bits per heavy atom. The van der Waals surface area contributed by atoms with Gasteiger partial charge in [-0.2, -0.15) is 0 Å². The summed E-state index contributed by atoms with van der Waals surface area (Å²) in [6.45, 7) is 2.22. The molecule has 0 spiro atoms. The average molecular weight is 290 g/mol. The third-order valence-corrected chi connectivity index (χ3v) is 4.26. The van der Waals surface area contributed by atoms with E-state index in [0.717, 1.165) is 12.8 Å². The Labute approximate surface area is 119 Å². The SMILES string of the molecule is CCCCCCCCCCCC(=O)CCS(C)(=O)=O. The topological polar surface area (TPSA) is 51.2 Å². The molecule has 0 fully saturated rings. The zero-order valence-corrected chi connectivity index (χ0v) is 13.4. The van der Waals surface area contributed by atoms with Crippen molar-refractivity contribution in [1.82, 2.24) is 0 Å². The Morgan fingerprint density at radius 2 is 1.26 bits per heavy atom. The normalized spacial score (nSPS) is 11.7. The van der Waals surface area contributed by atoms with Gasteiger partial charge in [-0.3, -0.25) is 4.79 Å². The number of Topliss-reactive ketones (excluding diaryl/α,β-unsaturated/α-hetero) is 1. The third-order valence-electron chi connectivity index (χ3n) is 3.31. The maximum atomic E-state index is 11.4. The van der Waals surface area contributed by atoms with Crippen LogP contribution in [0.1, 0.15) is 77.6 Å². The van der Waals surface area contributed by atoms with Crippen molar-refractivity contribution in [3.63, 3.8) is 0 Å². The van der Waals surface area contributed by atoms with Crippen LogP contribution in [-0.2, 0) is 14.6 Å². The predicted octanol–water partition coefficient (Wildman–Crippen LogP) is 3.91. The first-order chi connectivity index (χ1) is 8.95. The lowest BCUT2D eigenvalue weighted by Crippen LogP contribution is -2.09. The molecule has 0 heterocycles. The molecule has 3 nitrogen and oxygen atoms in total. The van der Waals surface area contributed by atoms with Crippen LogP contribution in [-0.4, -0.2) is 26.2 Å². The van der Waals surface area contributed by atoms with Gasteiger partial charge in [-0.25, -0.2) is 8.42 Å². The smallest absolute Gasteiger partial charge is 0.147 e. The summed E-state index contributed by atoms with van der Waals surface area (Å²) in [4.78, 5) is 11.4. The monoisotopic (exact) mass is 290 g/mol. The van der Waals surface area contributed by atoms with Crippen LogP contribution >= 0.6 is 0 Å². The van der Waals surface area contributed by atoms with Crippen LogP contribution in [0.3, 0.4) is 0 Å². The van der Waals surface area contributed by atoms with Gasteiger partial charge >= 0.3 is 0 Å². The van der Waals surface area contributed by atoms with E-state index in [1.54, 1.807) is 0 Å². The van der Waals surface area contributed by atoms with Crippen LogP contribution < -0.4 is 0 Å². The molecular formula is C15H30O3S. The van der Waals surface area contributed by atoms with Crippen LogP contribution in [0.15, 0.2) is 0 Å². The van der Waals surface area contributed by atoms with E-state index in [2.05, 4.69) is 6.92 Å². The molecule has 0 unspecified atom stereocenters. The molecule has 0 aromatic heterocycles. The van der Waals surface area contributed by atoms with Crippen molar-refractivity contribution in [2.45, 2.75) is 77.6 Å². The highest BCUT2D eigenvalue weighted by Crippen LogP contribution is 2.11. The number of ketones is 1. The average Bonchev–Trinajstić information content (AvgIpc) is 2.33. The second-order valence-corrected chi connectivity index (χ2v) is 7.76. The minimum Gasteiger partial charge on any atom is -0.300 e. The zero-order chi connectivity index (χ0) is 14.6. The maximum Gasteiger partial charge on any atom is 0.147 e. The number of sulfone groups is 1. The summed E-state index contributed by atoms with van der Waals surface area (Å²) >= 11 is 0. The fourth-order valence-electron chi connectivity index (χ4n) is 2.06. The molecule has 19 heavy (non-hydrogen) atoms. The van der Waals surface area contributed by atoms with E-state index >= 15 is 0 Å². The number of carbonyl (C=O) groups is 1. The van der Waals surface area contributed by atoms with Crippen molar-refractivity contribution in [1.29, 1.82) is 0 Å². The Bertz CT molecular complexity index is 320.